The molecule has 90 valence electrons. The number of ether oxygens (including phenoxy) is 1. The topological polar surface area (TPSA) is 34.1 Å². The van der Waals surface area contributed by atoms with Gasteiger partial charge in [-0.05, 0) is 25.0 Å². The molecule has 0 aliphatic heterocycles. The van der Waals surface area contributed by atoms with Crippen molar-refractivity contribution >= 4 is 17.3 Å². The van der Waals surface area contributed by atoms with Gasteiger partial charge in [-0.1, -0.05) is 25.4 Å². The van der Waals surface area contributed by atoms with E-state index in [9.17, 15) is 0 Å². The zero-order valence-electron chi connectivity index (χ0n) is 10.0. The lowest BCUT2D eigenvalue weighted by Gasteiger charge is -2.16. The summed E-state index contributed by atoms with van der Waals surface area (Å²) in [6, 6.07) is 3.96. The molecular weight excluding hydrogens is 224 g/mol. The normalized spacial score (nSPS) is 12.8. The van der Waals surface area contributed by atoms with Crippen LogP contribution in [0.3, 0.4) is 0 Å². The highest BCUT2D eigenvalue weighted by molar-refractivity contribution is 6.29. The summed E-state index contributed by atoms with van der Waals surface area (Å²) in [5.41, 5.74) is 0.973. The van der Waals surface area contributed by atoms with Crippen molar-refractivity contribution in [2.75, 3.05) is 18.5 Å². The molecule has 1 aromatic rings. The van der Waals surface area contributed by atoms with Crippen molar-refractivity contribution < 1.29 is 4.74 Å². The van der Waals surface area contributed by atoms with Crippen LogP contribution in [0.15, 0.2) is 18.3 Å². The van der Waals surface area contributed by atoms with E-state index in [1.165, 1.54) is 0 Å². The van der Waals surface area contributed by atoms with Gasteiger partial charge in [-0.2, -0.15) is 0 Å². The number of nitrogens with zero attached hydrogens (tertiary/aromatic N) is 1. The third-order valence-electron chi connectivity index (χ3n) is 1.96. The summed E-state index contributed by atoms with van der Waals surface area (Å²) in [5.74, 6) is 0.572. The van der Waals surface area contributed by atoms with E-state index in [4.69, 9.17) is 16.3 Å². The van der Waals surface area contributed by atoms with Gasteiger partial charge in [0, 0.05) is 24.5 Å². The van der Waals surface area contributed by atoms with Gasteiger partial charge in [0.2, 0.25) is 0 Å². The predicted molar refractivity (Wildman–Crippen MR) is 68.0 cm³/mol. The molecule has 0 aromatic carbocycles. The lowest BCUT2D eigenvalue weighted by atomic mass is 10.2. The first-order valence-corrected chi connectivity index (χ1v) is 5.91. The molecule has 1 rings (SSSR count). The molecule has 0 aliphatic rings. The van der Waals surface area contributed by atoms with E-state index < -0.39 is 0 Å². The van der Waals surface area contributed by atoms with Crippen molar-refractivity contribution in [1.29, 1.82) is 0 Å². The average Bonchev–Trinajstić information content (AvgIpc) is 2.16. The highest BCUT2D eigenvalue weighted by Gasteiger charge is 2.03. The Labute approximate surface area is 102 Å². The minimum absolute atomic E-state index is 0.261. The Morgan fingerprint density at radius 3 is 2.75 bits per heavy atom. The quantitative estimate of drug-likeness (QED) is 0.778. The summed E-state index contributed by atoms with van der Waals surface area (Å²) in [6.07, 6.45) is 1.69. The molecule has 1 N–H and O–H groups in total. The Bertz CT molecular complexity index is 318. The molecule has 1 aromatic heterocycles. The maximum absolute atomic E-state index is 5.79. The Hall–Kier alpha value is -0.800. The van der Waals surface area contributed by atoms with E-state index in [-0.39, 0.29) is 6.04 Å². The van der Waals surface area contributed by atoms with Crippen LogP contribution in [0.2, 0.25) is 5.15 Å². The standard InChI is InChI=1S/C12H19ClN2O/c1-9(2)7-16-8-10(3)15-11-4-5-14-12(13)6-11/h4-6,9-10H,7-8H2,1-3H3,(H,14,15). The molecule has 4 heteroatoms. The lowest BCUT2D eigenvalue weighted by Crippen LogP contribution is -2.22. The van der Waals surface area contributed by atoms with E-state index in [0.717, 1.165) is 12.3 Å². The molecule has 0 bridgehead atoms. The second kappa shape index (κ2) is 6.71. The fourth-order valence-electron chi connectivity index (χ4n) is 1.30. The molecule has 1 atom stereocenters. The molecular formula is C12H19ClN2O. The van der Waals surface area contributed by atoms with Gasteiger partial charge in [0.15, 0.2) is 0 Å². The van der Waals surface area contributed by atoms with Crippen molar-refractivity contribution in [3.05, 3.63) is 23.5 Å². The monoisotopic (exact) mass is 242 g/mol. The minimum atomic E-state index is 0.261. The summed E-state index contributed by atoms with van der Waals surface area (Å²) in [4.78, 5) is 3.93. The smallest absolute Gasteiger partial charge is 0.131 e. The molecule has 1 heterocycles. The van der Waals surface area contributed by atoms with E-state index in [2.05, 4.69) is 31.1 Å². The van der Waals surface area contributed by atoms with E-state index >= 15 is 0 Å². The molecule has 0 amide bonds. The first-order chi connectivity index (χ1) is 7.58. The highest BCUT2D eigenvalue weighted by Crippen LogP contribution is 2.12. The molecule has 0 fully saturated rings. The molecule has 0 radical (unpaired) electrons. The van der Waals surface area contributed by atoms with Gasteiger partial charge in [-0.25, -0.2) is 4.98 Å². The lowest BCUT2D eigenvalue weighted by molar-refractivity contribution is 0.105. The van der Waals surface area contributed by atoms with E-state index in [1.807, 2.05) is 6.07 Å². The second-order valence-corrected chi connectivity index (χ2v) is 4.73. The van der Waals surface area contributed by atoms with Crippen LogP contribution in [-0.4, -0.2) is 24.2 Å². The fourth-order valence-corrected chi connectivity index (χ4v) is 1.47. The molecule has 0 saturated carbocycles. The summed E-state index contributed by atoms with van der Waals surface area (Å²) in [7, 11) is 0. The first kappa shape index (κ1) is 13.3. The average molecular weight is 243 g/mol. The van der Waals surface area contributed by atoms with E-state index in [0.29, 0.717) is 17.7 Å². The van der Waals surface area contributed by atoms with Crippen molar-refractivity contribution in [1.82, 2.24) is 4.98 Å². The zero-order valence-corrected chi connectivity index (χ0v) is 10.8. The third-order valence-corrected chi connectivity index (χ3v) is 2.17. The Balaban J connectivity index is 2.31. The number of anilines is 1. The molecule has 0 saturated heterocycles. The first-order valence-electron chi connectivity index (χ1n) is 5.53. The molecule has 1 unspecified atom stereocenters. The van der Waals surface area contributed by atoms with Gasteiger partial charge in [0.1, 0.15) is 5.15 Å². The van der Waals surface area contributed by atoms with E-state index in [1.54, 1.807) is 12.3 Å². The van der Waals surface area contributed by atoms with Gasteiger partial charge in [0.05, 0.1) is 6.61 Å². The van der Waals surface area contributed by atoms with Gasteiger partial charge < -0.3 is 10.1 Å². The SMILES string of the molecule is CC(C)COCC(C)Nc1ccnc(Cl)c1. The molecule has 16 heavy (non-hydrogen) atoms. The Morgan fingerprint density at radius 1 is 1.38 bits per heavy atom. The Kier molecular flexibility index (Phi) is 5.56. The van der Waals surface area contributed by atoms with Gasteiger partial charge in [0.25, 0.3) is 0 Å². The predicted octanol–water partition coefficient (Wildman–Crippen LogP) is 3.21. The van der Waals surface area contributed by atoms with Crippen molar-refractivity contribution in [3.63, 3.8) is 0 Å². The number of hydrogen-bond acceptors (Lipinski definition) is 3. The fraction of sp³-hybridized carbons (Fsp3) is 0.583. The minimum Gasteiger partial charge on any atom is -0.380 e. The zero-order chi connectivity index (χ0) is 12.0. The molecule has 0 spiro atoms. The number of rotatable bonds is 6. The van der Waals surface area contributed by atoms with Crippen LogP contribution in [0.5, 0.6) is 0 Å². The highest BCUT2D eigenvalue weighted by atomic mass is 35.5. The maximum atomic E-state index is 5.79. The van der Waals surface area contributed by atoms with Crippen LogP contribution < -0.4 is 5.32 Å². The van der Waals surface area contributed by atoms with Crippen LogP contribution in [0.4, 0.5) is 5.69 Å². The number of nitrogens with one attached hydrogen (secondary N) is 1. The van der Waals surface area contributed by atoms with Crippen LogP contribution in [0.1, 0.15) is 20.8 Å². The summed E-state index contributed by atoms with van der Waals surface area (Å²) < 4.78 is 5.55. The van der Waals surface area contributed by atoms with Crippen LogP contribution in [0, 0.1) is 5.92 Å². The van der Waals surface area contributed by atoms with Crippen molar-refractivity contribution in [2.45, 2.75) is 26.8 Å². The molecule has 0 aliphatic carbocycles. The number of pyridine rings is 1. The molecule has 3 nitrogen and oxygen atoms in total. The second-order valence-electron chi connectivity index (χ2n) is 4.34. The number of hydrogen-bond donors (Lipinski definition) is 1. The van der Waals surface area contributed by atoms with Crippen LogP contribution in [-0.2, 0) is 4.74 Å². The van der Waals surface area contributed by atoms with Crippen LogP contribution in [0.25, 0.3) is 0 Å². The van der Waals surface area contributed by atoms with Gasteiger partial charge in [-0.15, -0.1) is 0 Å². The largest absolute Gasteiger partial charge is 0.380 e. The summed E-state index contributed by atoms with van der Waals surface area (Å²) >= 11 is 5.79. The Morgan fingerprint density at radius 2 is 2.12 bits per heavy atom. The summed E-state index contributed by atoms with van der Waals surface area (Å²) in [6.45, 7) is 7.84. The van der Waals surface area contributed by atoms with Gasteiger partial charge in [-0.3, -0.25) is 0 Å². The number of halogens is 1. The van der Waals surface area contributed by atoms with Gasteiger partial charge >= 0.3 is 0 Å². The summed E-state index contributed by atoms with van der Waals surface area (Å²) in [5, 5.41) is 3.81. The number of aromatic nitrogens is 1. The maximum Gasteiger partial charge on any atom is 0.131 e. The van der Waals surface area contributed by atoms with Crippen molar-refractivity contribution in [3.8, 4) is 0 Å². The van der Waals surface area contributed by atoms with Crippen LogP contribution >= 0.6 is 11.6 Å². The van der Waals surface area contributed by atoms with Crippen molar-refractivity contribution in [2.24, 2.45) is 5.92 Å². The third kappa shape index (κ3) is 5.33.